The summed E-state index contributed by atoms with van der Waals surface area (Å²) >= 11 is 0. The molecular weight excluding hydrogens is 328 g/mol. The number of aryl methyl sites for hydroxylation is 1. The number of carbonyl (C=O) groups excluding carboxylic acids is 1. The van der Waals surface area contributed by atoms with E-state index in [1.54, 1.807) is 13.3 Å². The summed E-state index contributed by atoms with van der Waals surface area (Å²) in [5.74, 6) is 0.670. The smallest absolute Gasteiger partial charge is 0.238 e. The number of amides is 1. The van der Waals surface area contributed by atoms with E-state index in [0.717, 1.165) is 49.5 Å². The summed E-state index contributed by atoms with van der Waals surface area (Å²) in [5, 5.41) is 3.05. The van der Waals surface area contributed by atoms with E-state index in [2.05, 4.69) is 33.1 Å². The summed E-state index contributed by atoms with van der Waals surface area (Å²) in [4.78, 5) is 21.0. The Bertz CT molecular complexity index is 742. The van der Waals surface area contributed by atoms with Gasteiger partial charge in [0.05, 0.1) is 13.7 Å². The number of methoxy groups -OCH3 is 1. The van der Waals surface area contributed by atoms with Gasteiger partial charge in [0, 0.05) is 49.8 Å². The number of rotatable bonds is 6. The molecule has 6 heteroatoms. The van der Waals surface area contributed by atoms with Crippen LogP contribution in [0, 0.1) is 0 Å². The molecule has 1 amide bonds. The molecule has 6 nitrogen and oxygen atoms in total. The minimum absolute atomic E-state index is 0.0462. The van der Waals surface area contributed by atoms with Gasteiger partial charge < -0.3 is 15.0 Å². The lowest BCUT2D eigenvalue weighted by atomic mass is 10.1. The molecule has 0 radical (unpaired) electrons. The standard InChI is InChI=1S/C20H26N4O2/c1-3-16-6-4-5-7-18(16)22-19(25)15-23-10-12-24(13-11-23)17-8-9-21-20(14-17)26-2/h4-9,14H,3,10-13,15H2,1-2H3,(H,22,25). The number of pyridine rings is 1. The molecule has 138 valence electrons. The van der Waals surface area contributed by atoms with Crippen LogP contribution < -0.4 is 15.0 Å². The van der Waals surface area contributed by atoms with Crippen molar-refractivity contribution >= 4 is 17.3 Å². The number of piperazine rings is 1. The zero-order valence-corrected chi connectivity index (χ0v) is 15.4. The van der Waals surface area contributed by atoms with Crippen LogP contribution in [0.1, 0.15) is 12.5 Å². The van der Waals surface area contributed by atoms with Gasteiger partial charge in [0.2, 0.25) is 11.8 Å². The fraction of sp³-hybridized carbons (Fsp3) is 0.400. The van der Waals surface area contributed by atoms with E-state index in [9.17, 15) is 4.79 Å². The summed E-state index contributed by atoms with van der Waals surface area (Å²) < 4.78 is 5.19. The van der Waals surface area contributed by atoms with E-state index in [-0.39, 0.29) is 5.91 Å². The van der Waals surface area contributed by atoms with E-state index in [1.165, 1.54) is 0 Å². The first-order valence-electron chi connectivity index (χ1n) is 9.04. The second-order valence-electron chi connectivity index (χ2n) is 6.38. The Labute approximate surface area is 154 Å². The summed E-state index contributed by atoms with van der Waals surface area (Å²) in [7, 11) is 1.62. The molecule has 1 N–H and O–H groups in total. The molecule has 0 aliphatic carbocycles. The number of carbonyl (C=O) groups is 1. The van der Waals surface area contributed by atoms with Crippen LogP contribution in [0.5, 0.6) is 5.88 Å². The molecular formula is C20H26N4O2. The molecule has 0 bridgehead atoms. The van der Waals surface area contributed by atoms with Crippen molar-refractivity contribution in [2.75, 3.05) is 50.1 Å². The van der Waals surface area contributed by atoms with Crippen molar-refractivity contribution < 1.29 is 9.53 Å². The number of aromatic nitrogens is 1. The molecule has 0 atom stereocenters. The Hall–Kier alpha value is -2.60. The lowest BCUT2D eigenvalue weighted by molar-refractivity contribution is -0.117. The molecule has 0 spiro atoms. The number of para-hydroxylation sites is 1. The highest BCUT2D eigenvalue weighted by atomic mass is 16.5. The van der Waals surface area contributed by atoms with Gasteiger partial charge in [-0.2, -0.15) is 0 Å². The highest BCUT2D eigenvalue weighted by Crippen LogP contribution is 2.20. The van der Waals surface area contributed by atoms with E-state index in [1.807, 2.05) is 30.3 Å². The first-order chi connectivity index (χ1) is 12.7. The van der Waals surface area contributed by atoms with Crippen LogP contribution in [0.4, 0.5) is 11.4 Å². The maximum absolute atomic E-state index is 12.4. The van der Waals surface area contributed by atoms with Crippen molar-refractivity contribution in [3.05, 3.63) is 48.2 Å². The van der Waals surface area contributed by atoms with E-state index in [0.29, 0.717) is 12.4 Å². The van der Waals surface area contributed by atoms with Crippen molar-refractivity contribution in [1.29, 1.82) is 0 Å². The van der Waals surface area contributed by atoms with Gasteiger partial charge in [-0.3, -0.25) is 9.69 Å². The lowest BCUT2D eigenvalue weighted by Gasteiger charge is -2.35. The van der Waals surface area contributed by atoms with E-state index in [4.69, 9.17) is 4.74 Å². The van der Waals surface area contributed by atoms with Gasteiger partial charge in [0.1, 0.15) is 0 Å². The number of nitrogens with zero attached hydrogens (tertiary/aromatic N) is 3. The van der Waals surface area contributed by atoms with E-state index >= 15 is 0 Å². The average molecular weight is 354 g/mol. The number of anilines is 2. The average Bonchev–Trinajstić information content (AvgIpc) is 2.69. The number of hydrogen-bond donors (Lipinski definition) is 1. The molecule has 1 aliphatic heterocycles. The third-order valence-electron chi connectivity index (χ3n) is 4.70. The van der Waals surface area contributed by atoms with Gasteiger partial charge in [-0.15, -0.1) is 0 Å². The van der Waals surface area contributed by atoms with Crippen LogP contribution in [0.3, 0.4) is 0 Å². The predicted molar refractivity (Wildman–Crippen MR) is 104 cm³/mol. The molecule has 0 unspecified atom stereocenters. The van der Waals surface area contributed by atoms with E-state index < -0.39 is 0 Å². The fourth-order valence-corrected chi connectivity index (χ4v) is 3.21. The van der Waals surface area contributed by atoms with Gasteiger partial charge >= 0.3 is 0 Å². The molecule has 1 aromatic carbocycles. The number of nitrogens with one attached hydrogen (secondary N) is 1. The zero-order valence-electron chi connectivity index (χ0n) is 15.4. The topological polar surface area (TPSA) is 57.7 Å². The van der Waals surface area contributed by atoms with Crippen LogP contribution >= 0.6 is 0 Å². The summed E-state index contributed by atoms with van der Waals surface area (Å²) in [6.45, 7) is 5.99. The van der Waals surface area contributed by atoms with Crippen LogP contribution in [-0.4, -0.2) is 55.6 Å². The number of hydrogen-bond acceptors (Lipinski definition) is 5. The first-order valence-corrected chi connectivity index (χ1v) is 9.04. The zero-order chi connectivity index (χ0) is 18.4. The maximum atomic E-state index is 12.4. The second kappa shape index (κ2) is 8.67. The highest BCUT2D eigenvalue weighted by Gasteiger charge is 2.20. The molecule has 2 aromatic rings. The Morgan fingerprint density at radius 3 is 2.69 bits per heavy atom. The van der Waals surface area contributed by atoms with Crippen LogP contribution in [-0.2, 0) is 11.2 Å². The van der Waals surface area contributed by atoms with Gasteiger partial charge in [-0.1, -0.05) is 25.1 Å². The van der Waals surface area contributed by atoms with Crippen molar-refractivity contribution in [3.63, 3.8) is 0 Å². The van der Waals surface area contributed by atoms with Gasteiger partial charge in [-0.25, -0.2) is 4.98 Å². The van der Waals surface area contributed by atoms with Crippen molar-refractivity contribution in [2.45, 2.75) is 13.3 Å². The molecule has 1 aliphatic rings. The quantitative estimate of drug-likeness (QED) is 0.863. The lowest BCUT2D eigenvalue weighted by Crippen LogP contribution is -2.48. The largest absolute Gasteiger partial charge is 0.481 e. The third kappa shape index (κ3) is 4.52. The summed E-state index contributed by atoms with van der Waals surface area (Å²) in [6, 6.07) is 11.9. The predicted octanol–water partition coefficient (Wildman–Crippen LogP) is 2.41. The number of benzene rings is 1. The molecule has 26 heavy (non-hydrogen) atoms. The van der Waals surface area contributed by atoms with Crippen molar-refractivity contribution in [1.82, 2.24) is 9.88 Å². The molecule has 0 saturated carbocycles. The van der Waals surface area contributed by atoms with Crippen LogP contribution in [0.2, 0.25) is 0 Å². The fourth-order valence-electron chi connectivity index (χ4n) is 3.21. The van der Waals surface area contributed by atoms with Gasteiger partial charge in [0.15, 0.2) is 0 Å². The maximum Gasteiger partial charge on any atom is 0.238 e. The SMILES string of the molecule is CCc1ccccc1NC(=O)CN1CCN(c2ccnc(OC)c2)CC1. The normalized spacial score (nSPS) is 14.9. The van der Waals surface area contributed by atoms with Gasteiger partial charge in [0.25, 0.3) is 0 Å². The Balaban J connectivity index is 1.51. The molecule has 2 heterocycles. The van der Waals surface area contributed by atoms with Crippen molar-refractivity contribution in [3.8, 4) is 5.88 Å². The minimum Gasteiger partial charge on any atom is -0.481 e. The third-order valence-corrected chi connectivity index (χ3v) is 4.70. The molecule has 1 saturated heterocycles. The van der Waals surface area contributed by atoms with Crippen molar-refractivity contribution in [2.24, 2.45) is 0 Å². The first kappa shape index (κ1) is 18.2. The Morgan fingerprint density at radius 2 is 1.96 bits per heavy atom. The van der Waals surface area contributed by atoms with Crippen LogP contribution in [0.15, 0.2) is 42.6 Å². The second-order valence-corrected chi connectivity index (χ2v) is 6.38. The molecule has 3 rings (SSSR count). The van der Waals surface area contributed by atoms with Crippen LogP contribution in [0.25, 0.3) is 0 Å². The monoisotopic (exact) mass is 354 g/mol. The Kier molecular flexibility index (Phi) is 6.07. The van der Waals surface area contributed by atoms with Gasteiger partial charge in [-0.05, 0) is 24.1 Å². The number of ether oxygens (including phenoxy) is 1. The molecule has 1 fully saturated rings. The summed E-state index contributed by atoms with van der Waals surface area (Å²) in [6.07, 6.45) is 2.67. The highest BCUT2D eigenvalue weighted by molar-refractivity contribution is 5.93. The minimum atomic E-state index is 0.0462. The summed E-state index contributed by atoms with van der Waals surface area (Å²) in [5.41, 5.74) is 3.19. The Morgan fingerprint density at radius 1 is 1.19 bits per heavy atom. The molecule has 1 aromatic heterocycles.